The van der Waals surface area contributed by atoms with E-state index in [1.54, 1.807) is 4.68 Å². The lowest BCUT2D eigenvalue weighted by atomic mass is 10.3. The first-order chi connectivity index (χ1) is 6.29. The topological polar surface area (TPSA) is 56.7 Å². The fraction of sp³-hybridized carbons (Fsp3) is 0.111. The molecule has 4 heteroatoms. The van der Waals surface area contributed by atoms with Crippen molar-refractivity contribution >= 4 is 5.82 Å². The SMILES string of the molecule is Cc1c(N)nnn1-c1ccccc1. The number of nitrogens with two attached hydrogens (primary N) is 1. The van der Waals surface area contributed by atoms with Crippen molar-refractivity contribution in [3.63, 3.8) is 0 Å². The molecule has 1 heterocycles. The standard InChI is InChI=1S/C9H10N4/c1-7-9(10)11-12-13(7)8-5-3-2-4-6-8/h2-6H,10H2,1H3. The zero-order valence-corrected chi connectivity index (χ0v) is 7.31. The lowest BCUT2D eigenvalue weighted by molar-refractivity contribution is 0.785. The molecule has 0 amide bonds. The smallest absolute Gasteiger partial charge is 0.169 e. The lowest BCUT2D eigenvalue weighted by Gasteiger charge is -2.00. The van der Waals surface area contributed by atoms with E-state index in [0.717, 1.165) is 11.4 Å². The Morgan fingerprint density at radius 1 is 1.23 bits per heavy atom. The molecule has 0 spiro atoms. The molecule has 2 N–H and O–H groups in total. The number of nitrogen functional groups attached to an aromatic ring is 1. The van der Waals surface area contributed by atoms with Crippen LogP contribution in [0.25, 0.3) is 5.69 Å². The van der Waals surface area contributed by atoms with Gasteiger partial charge in [-0.15, -0.1) is 5.10 Å². The third kappa shape index (κ3) is 1.26. The molecule has 0 aliphatic rings. The van der Waals surface area contributed by atoms with Gasteiger partial charge in [-0.25, -0.2) is 4.68 Å². The van der Waals surface area contributed by atoms with Crippen molar-refractivity contribution in [3.8, 4) is 5.69 Å². The van der Waals surface area contributed by atoms with Crippen molar-refractivity contribution in [2.75, 3.05) is 5.73 Å². The van der Waals surface area contributed by atoms with Crippen molar-refractivity contribution in [3.05, 3.63) is 36.0 Å². The van der Waals surface area contributed by atoms with Crippen LogP contribution in [0, 0.1) is 6.92 Å². The van der Waals surface area contributed by atoms with Crippen LogP contribution in [0.15, 0.2) is 30.3 Å². The maximum atomic E-state index is 5.58. The van der Waals surface area contributed by atoms with Crippen molar-refractivity contribution in [1.82, 2.24) is 15.0 Å². The summed E-state index contributed by atoms with van der Waals surface area (Å²) in [6.45, 7) is 1.89. The van der Waals surface area contributed by atoms with Gasteiger partial charge in [-0.05, 0) is 19.1 Å². The fourth-order valence-electron chi connectivity index (χ4n) is 1.16. The number of para-hydroxylation sites is 1. The number of aromatic nitrogens is 3. The molecule has 13 heavy (non-hydrogen) atoms. The van der Waals surface area contributed by atoms with Gasteiger partial charge in [-0.1, -0.05) is 23.4 Å². The van der Waals surface area contributed by atoms with Crippen LogP contribution in [0.4, 0.5) is 5.82 Å². The van der Waals surface area contributed by atoms with Crippen LogP contribution in [0.2, 0.25) is 0 Å². The average molecular weight is 174 g/mol. The van der Waals surface area contributed by atoms with E-state index in [4.69, 9.17) is 5.73 Å². The molecule has 0 aliphatic carbocycles. The van der Waals surface area contributed by atoms with Crippen molar-refractivity contribution in [2.45, 2.75) is 6.92 Å². The first-order valence-electron chi connectivity index (χ1n) is 4.02. The molecule has 0 radical (unpaired) electrons. The molecule has 0 atom stereocenters. The van der Waals surface area contributed by atoms with Gasteiger partial charge in [0.2, 0.25) is 0 Å². The maximum absolute atomic E-state index is 5.58. The van der Waals surface area contributed by atoms with Gasteiger partial charge >= 0.3 is 0 Å². The van der Waals surface area contributed by atoms with Gasteiger partial charge in [-0.3, -0.25) is 0 Å². The number of rotatable bonds is 1. The summed E-state index contributed by atoms with van der Waals surface area (Å²) < 4.78 is 1.72. The highest BCUT2D eigenvalue weighted by Gasteiger charge is 2.05. The number of hydrogen-bond donors (Lipinski definition) is 1. The summed E-state index contributed by atoms with van der Waals surface area (Å²) >= 11 is 0. The number of hydrogen-bond acceptors (Lipinski definition) is 3. The summed E-state index contributed by atoms with van der Waals surface area (Å²) in [6.07, 6.45) is 0. The van der Waals surface area contributed by atoms with Gasteiger partial charge in [0, 0.05) is 0 Å². The van der Waals surface area contributed by atoms with Gasteiger partial charge in [-0.2, -0.15) is 0 Å². The van der Waals surface area contributed by atoms with Crippen LogP contribution in [-0.2, 0) is 0 Å². The zero-order chi connectivity index (χ0) is 9.26. The Kier molecular flexibility index (Phi) is 1.73. The van der Waals surface area contributed by atoms with E-state index in [0.29, 0.717) is 5.82 Å². The third-order valence-electron chi connectivity index (χ3n) is 1.93. The molecular weight excluding hydrogens is 164 g/mol. The zero-order valence-electron chi connectivity index (χ0n) is 7.31. The Labute approximate surface area is 76.0 Å². The van der Waals surface area contributed by atoms with E-state index < -0.39 is 0 Å². The van der Waals surface area contributed by atoms with Crippen LogP contribution < -0.4 is 5.73 Å². The summed E-state index contributed by atoms with van der Waals surface area (Å²) in [5, 5.41) is 7.71. The highest BCUT2D eigenvalue weighted by Crippen LogP contribution is 2.11. The summed E-state index contributed by atoms with van der Waals surface area (Å²) in [5.41, 5.74) is 7.43. The maximum Gasteiger partial charge on any atom is 0.169 e. The molecule has 4 nitrogen and oxygen atoms in total. The van der Waals surface area contributed by atoms with Gasteiger partial charge < -0.3 is 5.73 Å². The minimum Gasteiger partial charge on any atom is -0.381 e. The first-order valence-corrected chi connectivity index (χ1v) is 4.02. The second-order valence-electron chi connectivity index (χ2n) is 2.81. The molecular formula is C9H10N4. The molecule has 1 aromatic heterocycles. The van der Waals surface area contributed by atoms with Crippen LogP contribution in [-0.4, -0.2) is 15.0 Å². The number of anilines is 1. The Bertz CT molecular complexity index is 405. The minimum atomic E-state index is 0.476. The highest BCUT2D eigenvalue weighted by atomic mass is 15.4. The largest absolute Gasteiger partial charge is 0.381 e. The molecule has 0 bridgehead atoms. The van der Waals surface area contributed by atoms with E-state index in [1.165, 1.54) is 0 Å². The van der Waals surface area contributed by atoms with Crippen molar-refractivity contribution in [2.24, 2.45) is 0 Å². The lowest BCUT2D eigenvalue weighted by Crippen LogP contribution is -1.98. The van der Waals surface area contributed by atoms with Crippen molar-refractivity contribution < 1.29 is 0 Å². The molecule has 0 saturated carbocycles. The van der Waals surface area contributed by atoms with Gasteiger partial charge in [0.15, 0.2) is 5.82 Å². The molecule has 0 unspecified atom stereocenters. The second kappa shape index (κ2) is 2.90. The Hall–Kier alpha value is -1.84. The molecule has 2 aromatic rings. The van der Waals surface area contributed by atoms with Gasteiger partial charge in [0.25, 0.3) is 0 Å². The van der Waals surface area contributed by atoms with Crippen LogP contribution in [0.5, 0.6) is 0 Å². The monoisotopic (exact) mass is 174 g/mol. The molecule has 2 rings (SSSR count). The molecule has 0 aliphatic heterocycles. The van der Waals surface area contributed by atoms with E-state index in [9.17, 15) is 0 Å². The fourth-order valence-corrected chi connectivity index (χ4v) is 1.16. The Morgan fingerprint density at radius 2 is 1.92 bits per heavy atom. The van der Waals surface area contributed by atoms with Gasteiger partial charge in [0.05, 0.1) is 11.4 Å². The van der Waals surface area contributed by atoms with Crippen LogP contribution >= 0.6 is 0 Å². The summed E-state index contributed by atoms with van der Waals surface area (Å²) in [7, 11) is 0. The minimum absolute atomic E-state index is 0.476. The predicted molar refractivity (Wildman–Crippen MR) is 50.5 cm³/mol. The highest BCUT2D eigenvalue weighted by molar-refractivity contribution is 5.39. The number of nitrogens with zero attached hydrogens (tertiary/aromatic N) is 3. The Balaban J connectivity index is 2.53. The van der Waals surface area contributed by atoms with E-state index in [1.807, 2.05) is 37.3 Å². The van der Waals surface area contributed by atoms with E-state index in [2.05, 4.69) is 10.3 Å². The van der Waals surface area contributed by atoms with Crippen molar-refractivity contribution in [1.29, 1.82) is 0 Å². The van der Waals surface area contributed by atoms with Crippen LogP contribution in [0.1, 0.15) is 5.69 Å². The van der Waals surface area contributed by atoms with E-state index in [-0.39, 0.29) is 0 Å². The third-order valence-corrected chi connectivity index (χ3v) is 1.93. The molecule has 0 saturated heterocycles. The summed E-state index contributed by atoms with van der Waals surface area (Å²) in [5.74, 6) is 0.476. The molecule has 1 aromatic carbocycles. The normalized spacial score (nSPS) is 10.2. The number of benzene rings is 1. The quantitative estimate of drug-likeness (QED) is 0.705. The second-order valence-corrected chi connectivity index (χ2v) is 2.81. The molecule has 66 valence electrons. The first kappa shape index (κ1) is 7.79. The van der Waals surface area contributed by atoms with Crippen LogP contribution in [0.3, 0.4) is 0 Å². The average Bonchev–Trinajstić information content (AvgIpc) is 2.49. The van der Waals surface area contributed by atoms with E-state index >= 15 is 0 Å². The Morgan fingerprint density at radius 3 is 2.46 bits per heavy atom. The summed E-state index contributed by atoms with van der Waals surface area (Å²) in [4.78, 5) is 0. The predicted octanol–water partition coefficient (Wildman–Crippen LogP) is 1.16. The van der Waals surface area contributed by atoms with Gasteiger partial charge in [0.1, 0.15) is 0 Å². The molecule has 0 fully saturated rings. The summed E-state index contributed by atoms with van der Waals surface area (Å²) in [6, 6.07) is 9.78.